The molecule has 0 unspecified atom stereocenters. The Balaban J connectivity index is 2.02. The molecule has 0 aromatic heterocycles. The van der Waals surface area contributed by atoms with Crippen LogP contribution in [-0.2, 0) is 17.5 Å². The minimum absolute atomic E-state index is 0.0244. The van der Waals surface area contributed by atoms with Gasteiger partial charge in [0.2, 0.25) is 5.91 Å². The number of carbonyl (C=O) groups excluding carboxylic acids is 1. The first-order chi connectivity index (χ1) is 11.8. The van der Waals surface area contributed by atoms with E-state index in [4.69, 9.17) is 0 Å². The van der Waals surface area contributed by atoms with Gasteiger partial charge in [-0.25, -0.2) is 0 Å². The Morgan fingerprint density at radius 2 is 1.72 bits per heavy atom. The van der Waals surface area contributed by atoms with Gasteiger partial charge in [0.1, 0.15) is 0 Å². The van der Waals surface area contributed by atoms with Gasteiger partial charge >= 0.3 is 6.18 Å². The van der Waals surface area contributed by atoms with E-state index < -0.39 is 17.6 Å². The maximum atomic E-state index is 13.0. The van der Waals surface area contributed by atoms with Crippen LogP contribution in [0.15, 0.2) is 48.5 Å². The van der Waals surface area contributed by atoms with Gasteiger partial charge in [-0.05, 0) is 31.2 Å². The minimum Gasteiger partial charge on any atom is -0.324 e. The Morgan fingerprint density at radius 3 is 2.32 bits per heavy atom. The third-order valence-electron chi connectivity index (χ3n) is 3.85. The summed E-state index contributed by atoms with van der Waals surface area (Å²) >= 11 is 0. The fourth-order valence-electron chi connectivity index (χ4n) is 2.46. The van der Waals surface area contributed by atoms with E-state index in [9.17, 15) is 18.0 Å². The topological polar surface area (TPSA) is 32.3 Å². The molecule has 1 N–H and O–H groups in total. The van der Waals surface area contributed by atoms with E-state index in [2.05, 4.69) is 5.32 Å². The van der Waals surface area contributed by atoms with Gasteiger partial charge in [-0.15, -0.1) is 0 Å². The fourth-order valence-corrected chi connectivity index (χ4v) is 2.46. The molecule has 2 rings (SSSR count). The van der Waals surface area contributed by atoms with Crippen LogP contribution in [0.2, 0.25) is 0 Å². The van der Waals surface area contributed by atoms with Crippen LogP contribution in [0.25, 0.3) is 0 Å². The van der Waals surface area contributed by atoms with Crippen LogP contribution in [0, 0.1) is 6.92 Å². The molecule has 0 spiro atoms. The highest BCUT2D eigenvalue weighted by Gasteiger charge is 2.33. The largest absolute Gasteiger partial charge is 0.418 e. The van der Waals surface area contributed by atoms with Gasteiger partial charge in [0.05, 0.1) is 17.8 Å². The SMILES string of the molecule is CCN(CC(=O)Nc1ccccc1C(F)(F)F)Cc1ccc(C)cc1. The smallest absolute Gasteiger partial charge is 0.324 e. The highest BCUT2D eigenvalue weighted by atomic mass is 19.4. The van der Waals surface area contributed by atoms with Crippen LogP contribution in [0.1, 0.15) is 23.6 Å². The summed E-state index contributed by atoms with van der Waals surface area (Å²) in [7, 11) is 0. The molecule has 2 aromatic carbocycles. The molecule has 0 bridgehead atoms. The predicted octanol–water partition coefficient (Wildman–Crippen LogP) is 4.47. The van der Waals surface area contributed by atoms with Gasteiger partial charge in [0.25, 0.3) is 0 Å². The van der Waals surface area contributed by atoms with Crippen molar-refractivity contribution < 1.29 is 18.0 Å². The van der Waals surface area contributed by atoms with Gasteiger partial charge in [0.15, 0.2) is 0 Å². The van der Waals surface area contributed by atoms with Crippen molar-refractivity contribution >= 4 is 11.6 Å². The summed E-state index contributed by atoms with van der Waals surface area (Å²) in [6.07, 6.45) is -4.50. The quantitative estimate of drug-likeness (QED) is 0.833. The molecule has 0 heterocycles. The first kappa shape index (κ1) is 19.0. The normalized spacial score (nSPS) is 11.6. The van der Waals surface area contributed by atoms with Crippen molar-refractivity contribution in [1.82, 2.24) is 4.90 Å². The van der Waals surface area contributed by atoms with Gasteiger partial charge in [-0.3, -0.25) is 9.69 Å². The zero-order chi connectivity index (χ0) is 18.4. The number of halogens is 3. The Kier molecular flexibility index (Phi) is 6.20. The number of carbonyl (C=O) groups is 1. The van der Waals surface area contributed by atoms with E-state index in [-0.39, 0.29) is 12.2 Å². The summed E-state index contributed by atoms with van der Waals surface area (Å²) in [5.74, 6) is -0.467. The second-order valence-electron chi connectivity index (χ2n) is 5.88. The summed E-state index contributed by atoms with van der Waals surface area (Å²) in [4.78, 5) is 14.1. The monoisotopic (exact) mass is 350 g/mol. The lowest BCUT2D eigenvalue weighted by Crippen LogP contribution is -2.33. The standard InChI is InChI=1S/C19H21F3N2O/c1-3-24(12-15-10-8-14(2)9-11-15)13-18(25)23-17-7-5-4-6-16(17)19(20,21)22/h4-11H,3,12-13H2,1-2H3,(H,23,25). The van der Waals surface area contributed by atoms with Crippen molar-refractivity contribution in [2.24, 2.45) is 0 Å². The van der Waals surface area contributed by atoms with Crippen LogP contribution in [-0.4, -0.2) is 23.9 Å². The van der Waals surface area contributed by atoms with Crippen molar-refractivity contribution in [3.8, 4) is 0 Å². The number of likely N-dealkylation sites (N-methyl/N-ethyl adjacent to an activating group) is 1. The average Bonchev–Trinajstić information content (AvgIpc) is 2.55. The van der Waals surface area contributed by atoms with Crippen LogP contribution in [0.4, 0.5) is 18.9 Å². The van der Waals surface area contributed by atoms with E-state index in [1.165, 1.54) is 18.2 Å². The molecule has 0 aliphatic heterocycles. The number of nitrogens with zero attached hydrogens (tertiary/aromatic N) is 1. The number of para-hydroxylation sites is 1. The Morgan fingerprint density at radius 1 is 1.08 bits per heavy atom. The molecule has 2 aromatic rings. The molecule has 1 amide bonds. The highest BCUT2D eigenvalue weighted by Crippen LogP contribution is 2.34. The lowest BCUT2D eigenvalue weighted by Gasteiger charge is -2.21. The van der Waals surface area contributed by atoms with Crippen molar-refractivity contribution in [2.45, 2.75) is 26.6 Å². The number of nitrogens with one attached hydrogen (secondary N) is 1. The number of hydrogen-bond acceptors (Lipinski definition) is 2. The average molecular weight is 350 g/mol. The second kappa shape index (κ2) is 8.16. The molecular weight excluding hydrogens is 329 g/mol. The molecule has 0 fully saturated rings. The molecule has 0 atom stereocenters. The number of aryl methyl sites for hydroxylation is 1. The fraction of sp³-hybridized carbons (Fsp3) is 0.316. The number of alkyl halides is 3. The Hall–Kier alpha value is -2.34. The molecule has 25 heavy (non-hydrogen) atoms. The van der Waals surface area contributed by atoms with Gasteiger partial charge < -0.3 is 5.32 Å². The molecule has 0 aliphatic carbocycles. The van der Waals surface area contributed by atoms with Gasteiger partial charge in [-0.1, -0.05) is 48.9 Å². The Bertz CT molecular complexity index is 711. The number of amides is 1. The summed E-state index contributed by atoms with van der Waals surface area (Å²) < 4.78 is 39.0. The summed E-state index contributed by atoms with van der Waals surface area (Å²) in [5, 5.41) is 2.38. The summed E-state index contributed by atoms with van der Waals surface area (Å²) in [5.41, 5.74) is 1.14. The van der Waals surface area contributed by atoms with Crippen molar-refractivity contribution in [3.63, 3.8) is 0 Å². The second-order valence-corrected chi connectivity index (χ2v) is 5.88. The van der Waals surface area contributed by atoms with Crippen molar-refractivity contribution in [3.05, 3.63) is 65.2 Å². The van der Waals surface area contributed by atoms with Crippen LogP contribution in [0.5, 0.6) is 0 Å². The van der Waals surface area contributed by atoms with Crippen molar-refractivity contribution in [2.75, 3.05) is 18.4 Å². The summed E-state index contributed by atoms with van der Waals surface area (Å²) in [6.45, 7) is 5.10. The van der Waals surface area contributed by atoms with E-state index in [0.29, 0.717) is 13.1 Å². The van der Waals surface area contributed by atoms with Crippen LogP contribution in [0.3, 0.4) is 0 Å². The predicted molar refractivity (Wildman–Crippen MR) is 92.2 cm³/mol. The first-order valence-electron chi connectivity index (χ1n) is 8.03. The summed E-state index contributed by atoms with van der Waals surface area (Å²) in [6, 6.07) is 12.9. The highest BCUT2D eigenvalue weighted by molar-refractivity contribution is 5.93. The molecule has 0 saturated heterocycles. The zero-order valence-electron chi connectivity index (χ0n) is 14.2. The molecule has 3 nitrogen and oxygen atoms in total. The maximum absolute atomic E-state index is 13.0. The molecule has 0 aliphatic rings. The van der Waals surface area contributed by atoms with E-state index in [1.807, 2.05) is 43.0 Å². The van der Waals surface area contributed by atoms with Crippen LogP contribution < -0.4 is 5.32 Å². The van der Waals surface area contributed by atoms with Gasteiger partial charge in [0, 0.05) is 6.54 Å². The molecular formula is C19H21F3N2O. The minimum atomic E-state index is -4.50. The first-order valence-corrected chi connectivity index (χ1v) is 8.03. The number of rotatable bonds is 6. The maximum Gasteiger partial charge on any atom is 0.418 e. The number of benzene rings is 2. The number of hydrogen-bond donors (Lipinski definition) is 1. The molecule has 0 radical (unpaired) electrons. The zero-order valence-corrected chi connectivity index (χ0v) is 14.2. The van der Waals surface area contributed by atoms with Gasteiger partial charge in [-0.2, -0.15) is 13.2 Å². The molecule has 134 valence electrons. The molecule has 6 heteroatoms. The van der Waals surface area contributed by atoms with E-state index in [1.54, 1.807) is 0 Å². The lowest BCUT2D eigenvalue weighted by molar-refractivity contribution is -0.137. The van der Waals surface area contributed by atoms with E-state index in [0.717, 1.165) is 17.2 Å². The number of anilines is 1. The third kappa shape index (κ3) is 5.60. The lowest BCUT2D eigenvalue weighted by atomic mass is 10.1. The molecule has 0 saturated carbocycles. The third-order valence-corrected chi connectivity index (χ3v) is 3.85. The Labute approximate surface area is 145 Å². The van der Waals surface area contributed by atoms with Crippen molar-refractivity contribution in [1.29, 1.82) is 0 Å². The van der Waals surface area contributed by atoms with E-state index >= 15 is 0 Å². The van der Waals surface area contributed by atoms with Crippen LogP contribution >= 0.6 is 0 Å².